The number of rotatable bonds is 4. The molecule has 1 aliphatic rings. The third-order valence-electron chi connectivity index (χ3n) is 5.59. The Kier molecular flexibility index (Phi) is 4.98. The number of hydrogen-bond acceptors (Lipinski definition) is 7. The Morgan fingerprint density at radius 2 is 1.80 bits per heavy atom. The average molecular weight is 423 g/mol. The fraction of sp³-hybridized carbons (Fsp3) is 0.318. The van der Waals surface area contributed by atoms with Crippen LogP contribution in [0.15, 0.2) is 55.9 Å². The van der Waals surface area contributed by atoms with E-state index in [1.54, 1.807) is 22.7 Å². The van der Waals surface area contributed by atoms with Crippen LogP contribution in [0.2, 0.25) is 0 Å². The van der Waals surface area contributed by atoms with Crippen molar-refractivity contribution < 1.29 is 4.42 Å². The second-order valence-corrected chi connectivity index (χ2v) is 8.66. The molecule has 3 aromatic heterocycles. The third-order valence-corrected chi connectivity index (χ3v) is 6.34. The fourth-order valence-corrected chi connectivity index (χ4v) is 4.75. The number of aromatic nitrogens is 2. The maximum atomic E-state index is 12.2. The topological polar surface area (TPSA) is 71.1 Å². The van der Waals surface area contributed by atoms with E-state index in [-0.39, 0.29) is 11.2 Å². The molecular weight excluding hydrogens is 400 g/mol. The van der Waals surface area contributed by atoms with Crippen LogP contribution >= 0.6 is 11.3 Å². The number of piperazine rings is 1. The molecule has 0 bridgehead atoms. The number of aryl methyl sites for hydroxylation is 1. The molecule has 1 saturated heterocycles. The van der Waals surface area contributed by atoms with Crippen LogP contribution in [-0.2, 0) is 13.1 Å². The molecule has 0 atom stereocenters. The summed E-state index contributed by atoms with van der Waals surface area (Å²) in [6, 6.07) is 9.23. The van der Waals surface area contributed by atoms with Gasteiger partial charge in [-0.15, -0.1) is 11.3 Å². The van der Waals surface area contributed by atoms with Crippen LogP contribution in [0.25, 0.3) is 15.9 Å². The first kappa shape index (κ1) is 19.2. The summed E-state index contributed by atoms with van der Waals surface area (Å²) in [6.45, 7) is 6.97. The van der Waals surface area contributed by atoms with Crippen molar-refractivity contribution in [3.8, 4) is 0 Å². The number of hydrogen-bond donors (Lipinski definition) is 0. The van der Waals surface area contributed by atoms with Crippen molar-refractivity contribution in [3.63, 3.8) is 0 Å². The molecule has 4 heterocycles. The van der Waals surface area contributed by atoms with Crippen molar-refractivity contribution in [1.29, 1.82) is 0 Å². The lowest BCUT2D eigenvalue weighted by Gasteiger charge is -2.34. The molecule has 1 aliphatic heterocycles. The van der Waals surface area contributed by atoms with Gasteiger partial charge in [-0.1, -0.05) is 12.1 Å². The molecule has 0 amide bonds. The summed E-state index contributed by atoms with van der Waals surface area (Å²) in [5.41, 5.74) is 3.22. The predicted molar refractivity (Wildman–Crippen MR) is 117 cm³/mol. The second-order valence-electron chi connectivity index (χ2n) is 7.78. The Morgan fingerprint density at radius 3 is 2.60 bits per heavy atom. The number of thiazole rings is 1. The van der Waals surface area contributed by atoms with Gasteiger partial charge in [-0.3, -0.25) is 19.0 Å². The first-order valence-corrected chi connectivity index (χ1v) is 10.9. The van der Waals surface area contributed by atoms with Gasteiger partial charge in [-0.05, 0) is 24.1 Å². The molecule has 1 fully saturated rings. The van der Waals surface area contributed by atoms with Gasteiger partial charge in [-0.25, -0.2) is 9.78 Å². The van der Waals surface area contributed by atoms with Gasteiger partial charge in [0.1, 0.15) is 5.58 Å². The highest BCUT2D eigenvalue weighted by molar-refractivity contribution is 7.15. The second kappa shape index (κ2) is 7.79. The molecule has 1 aromatic carbocycles. The quantitative estimate of drug-likeness (QED) is 0.471. The maximum absolute atomic E-state index is 12.2. The lowest BCUT2D eigenvalue weighted by molar-refractivity contribution is 0.121. The molecule has 154 valence electrons. The van der Waals surface area contributed by atoms with Crippen molar-refractivity contribution >= 4 is 27.3 Å². The highest BCUT2D eigenvalue weighted by Gasteiger charge is 2.19. The van der Waals surface area contributed by atoms with E-state index in [1.165, 1.54) is 11.3 Å². The molecule has 0 N–H and O–H groups in total. The molecule has 0 radical (unpaired) electrons. The highest BCUT2D eigenvalue weighted by atomic mass is 32.1. The number of benzene rings is 1. The summed E-state index contributed by atoms with van der Waals surface area (Å²) in [7, 11) is 0. The van der Waals surface area contributed by atoms with E-state index in [4.69, 9.17) is 4.42 Å². The van der Waals surface area contributed by atoms with Crippen molar-refractivity contribution in [2.75, 3.05) is 26.2 Å². The van der Waals surface area contributed by atoms with E-state index in [2.05, 4.69) is 14.8 Å². The molecule has 5 rings (SSSR count). The summed E-state index contributed by atoms with van der Waals surface area (Å²) in [6.07, 6.45) is 1.76. The van der Waals surface area contributed by atoms with Crippen molar-refractivity contribution in [2.45, 2.75) is 20.0 Å². The van der Waals surface area contributed by atoms with E-state index in [1.807, 2.05) is 30.5 Å². The van der Waals surface area contributed by atoms with Gasteiger partial charge in [0.15, 0.2) is 4.96 Å². The van der Waals surface area contributed by atoms with Crippen LogP contribution < -0.4 is 11.2 Å². The summed E-state index contributed by atoms with van der Waals surface area (Å²) in [4.78, 5) is 34.2. The summed E-state index contributed by atoms with van der Waals surface area (Å²) in [5.74, 6) is 0. The molecular formula is C22H22N4O3S. The van der Waals surface area contributed by atoms with E-state index >= 15 is 0 Å². The fourth-order valence-electron chi connectivity index (χ4n) is 4.01. The first-order valence-electron chi connectivity index (χ1n) is 9.99. The van der Waals surface area contributed by atoms with Crippen LogP contribution in [0.4, 0.5) is 0 Å². The summed E-state index contributed by atoms with van der Waals surface area (Å²) >= 11 is 1.47. The number of nitrogens with zero attached hydrogens (tertiary/aromatic N) is 4. The predicted octanol–water partition coefficient (Wildman–Crippen LogP) is 2.49. The van der Waals surface area contributed by atoms with Gasteiger partial charge in [-0.2, -0.15) is 0 Å². The minimum atomic E-state index is -0.303. The molecule has 8 heteroatoms. The Balaban J connectivity index is 1.27. The monoisotopic (exact) mass is 422 g/mol. The van der Waals surface area contributed by atoms with Crippen LogP contribution in [0.1, 0.15) is 16.8 Å². The zero-order chi connectivity index (χ0) is 20.7. The standard InChI is InChI=1S/C22H22N4O3S/c1-15-2-3-18-16(11-21(28)29-19(18)10-15)13-24-4-6-25(7-5-24)14-17-12-20(27)26-8-9-30-22(26)23-17/h2-3,8-12H,4-7,13-14H2,1H3. The zero-order valence-corrected chi connectivity index (χ0v) is 17.5. The lowest BCUT2D eigenvalue weighted by Crippen LogP contribution is -2.45. The van der Waals surface area contributed by atoms with Crippen LogP contribution in [-0.4, -0.2) is 45.4 Å². The smallest absolute Gasteiger partial charge is 0.336 e. The molecule has 0 saturated carbocycles. The molecule has 7 nitrogen and oxygen atoms in total. The van der Waals surface area contributed by atoms with Crippen LogP contribution in [0, 0.1) is 6.92 Å². The van der Waals surface area contributed by atoms with Gasteiger partial charge in [0, 0.05) is 68.4 Å². The molecule has 0 spiro atoms. The Bertz CT molecular complexity index is 1330. The molecule has 30 heavy (non-hydrogen) atoms. The first-order chi connectivity index (χ1) is 14.5. The Hall–Kier alpha value is -2.81. The van der Waals surface area contributed by atoms with Crippen molar-refractivity contribution in [3.05, 3.63) is 79.5 Å². The van der Waals surface area contributed by atoms with Crippen LogP contribution in [0.3, 0.4) is 0 Å². The Morgan fingerprint density at radius 1 is 1.03 bits per heavy atom. The van der Waals surface area contributed by atoms with Gasteiger partial charge in [0.05, 0.1) is 5.69 Å². The van der Waals surface area contributed by atoms with Gasteiger partial charge in [0.25, 0.3) is 5.56 Å². The van der Waals surface area contributed by atoms with Gasteiger partial charge >= 0.3 is 5.63 Å². The maximum Gasteiger partial charge on any atom is 0.336 e. The Labute approximate surface area is 176 Å². The van der Waals surface area contributed by atoms with E-state index in [9.17, 15) is 9.59 Å². The lowest BCUT2D eigenvalue weighted by atomic mass is 10.1. The average Bonchev–Trinajstić information content (AvgIpc) is 3.18. The van der Waals surface area contributed by atoms with Crippen molar-refractivity contribution in [2.24, 2.45) is 0 Å². The minimum Gasteiger partial charge on any atom is -0.423 e. The van der Waals surface area contributed by atoms with E-state index < -0.39 is 0 Å². The SMILES string of the molecule is Cc1ccc2c(CN3CCN(Cc4cc(=O)n5ccsc5n4)CC3)cc(=O)oc2c1. The van der Waals surface area contributed by atoms with Gasteiger partial charge in [0.2, 0.25) is 0 Å². The van der Waals surface area contributed by atoms with Gasteiger partial charge < -0.3 is 4.42 Å². The molecule has 0 aliphatic carbocycles. The normalized spacial score (nSPS) is 15.9. The third kappa shape index (κ3) is 3.81. The van der Waals surface area contributed by atoms with E-state index in [0.717, 1.165) is 59.9 Å². The zero-order valence-electron chi connectivity index (χ0n) is 16.7. The van der Waals surface area contributed by atoms with Crippen LogP contribution in [0.5, 0.6) is 0 Å². The molecule has 0 unspecified atom stereocenters. The van der Waals surface area contributed by atoms with Crippen molar-refractivity contribution in [1.82, 2.24) is 19.2 Å². The summed E-state index contributed by atoms with van der Waals surface area (Å²) < 4.78 is 6.95. The highest BCUT2D eigenvalue weighted by Crippen LogP contribution is 2.20. The van der Waals surface area contributed by atoms with E-state index in [0.29, 0.717) is 12.1 Å². The largest absolute Gasteiger partial charge is 0.423 e. The summed E-state index contributed by atoms with van der Waals surface area (Å²) in [5, 5.41) is 2.87. The molecule has 4 aromatic rings. The minimum absolute atomic E-state index is 0.0279. The number of fused-ring (bicyclic) bond motifs is 2.